The van der Waals surface area contributed by atoms with Crippen LogP contribution >= 0.6 is 8.38 Å². The van der Waals surface area contributed by atoms with Gasteiger partial charge in [0.1, 0.15) is 12.0 Å². The van der Waals surface area contributed by atoms with Crippen molar-refractivity contribution in [3.63, 3.8) is 0 Å². The number of amides is 1. The van der Waals surface area contributed by atoms with Crippen LogP contribution in [-0.2, 0) is 13.8 Å². The Morgan fingerprint density at radius 2 is 2.12 bits per heavy atom. The minimum atomic E-state index is -1.11. The number of nitriles is 1. The molecule has 2 aliphatic rings. The first-order valence-electron chi connectivity index (χ1n) is 11.4. The minimum absolute atomic E-state index is 0.114. The molecular formula is C24H29N4O5P. The highest BCUT2D eigenvalue weighted by Gasteiger charge is 2.50. The smallest absolute Gasteiger partial charge is 0.351 e. The van der Waals surface area contributed by atoms with E-state index < -0.39 is 20.3 Å². The molecule has 1 saturated carbocycles. The summed E-state index contributed by atoms with van der Waals surface area (Å²) in [5.41, 5.74) is 0.697. The largest absolute Gasteiger partial charge is 0.352 e. The molecule has 2 fully saturated rings. The van der Waals surface area contributed by atoms with Gasteiger partial charge in [0, 0.05) is 24.0 Å². The summed E-state index contributed by atoms with van der Waals surface area (Å²) in [5.74, 6) is 0.578. The molecule has 0 spiro atoms. The molecule has 34 heavy (non-hydrogen) atoms. The second kappa shape index (κ2) is 10.7. The molecule has 1 aromatic heterocycles. The average Bonchev–Trinajstić information content (AvgIpc) is 3.37. The highest BCUT2D eigenvalue weighted by atomic mass is 31.2. The zero-order valence-electron chi connectivity index (χ0n) is 19.5. The standard InChI is InChI=1S/C24H29N4O5P/c1-15-12-19(33-34(3)31-11-7-10-25)21-18(15)13-20(32-21)28-14-16(2)22(27-24(28)30)26-23(29)17-8-5-4-6-9-17/h4-6,8-9,14-15,18-21H,7,11-13H2,1-3H3,(H,26,27,29,30)/t15-,18+,19-,20+,21+,34?/m1/s1. The number of anilines is 1. The van der Waals surface area contributed by atoms with Crippen LogP contribution in [0.5, 0.6) is 0 Å². The number of carbonyl (C=O) groups excluding carboxylic acids is 1. The normalized spacial score (nSPS) is 26.6. The maximum Gasteiger partial charge on any atom is 0.351 e. The Morgan fingerprint density at radius 3 is 2.85 bits per heavy atom. The number of ether oxygens (including phenoxy) is 1. The maximum absolute atomic E-state index is 12.9. The van der Waals surface area contributed by atoms with Crippen LogP contribution < -0.4 is 11.0 Å². The monoisotopic (exact) mass is 484 g/mol. The van der Waals surface area contributed by atoms with Crippen LogP contribution in [0.25, 0.3) is 0 Å². The number of hydrogen-bond acceptors (Lipinski definition) is 7. The van der Waals surface area contributed by atoms with Crippen LogP contribution in [0, 0.1) is 30.1 Å². The van der Waals surface area contributed by atoms with Crippen molar-refractivity contribution in [2.45, 2.75) is 51.5 Å². The molecule has 0 bridgehead atoms. The fraction of sp³-hybridized carbons (Fsp3) is 0.500. The molecule has 2 heterocycles. The van der Waals surface area contributed by atoms with Gasteiger partial charge < -0.3 is 19.1 Å². The first kappa shape index (κ1) is 24.5. The highest BCUT2D eigenvalue weighted by molar-refractivity contribution is 7.46. The molecule has 10 heteroatoms. The molecule has 9 nitrogen and oxygen atoms in total. The summed E-state index contributed by atoms with van der Waals surface area (Å²) in [6.45, 7) is 6.22. The van der Waals surface area contributed by atoms with Gasteiger partial charge in [0.15, 0.2) is 8.38 Å². The summed E-state index contributed by atoms with van der Waals surface area (Å²) in [7, 11) is -1.11. The molecule has 1 saturated heterocycles. The average molecular weight is 484 g/mol. The number of aryl methyl sites for hydroxylation is 1. The van der Waals surface area contributed by atoms with Gasteiger partial charge in [-0.3, -0.25) is 9.36 Å². The third-order valence-corrected chi connectivity index (χ3v) is 7.51. The van der Waals surface area contributed by atoms with Crippen molar-refractivity contribution >= 4 is 20.1 Å². The lowest BCUT2D eigenvalue weighted by molar-refractivity contribution is -0.0479. The number of nitrogens with one attached hydrogen (secondary N) is 1. The maximum atomic E-state index is 12.9. The zero-order valence-corrected chi connectivity index (χ0v) is 20.4. The van der Waals surface area contributed by atoms with Gasteiger partial charge in [-0.25, -0.2) is 4.79 Å². The Hall–Kier alpha value is -2.63. The highest BCUT2D eigenvalue weighted by Crippen LogP contribution is 2.50. The molecule has 6 atom stereocenters. The number of rotatable bonds is 8. The van der Waals surface area contributed by atoms with Crippen molar-refractivity contribution in [1.29, 1.82) is 5.26 Å². The molecule has 1 unspecified atom stereocenters. The van der Waals surface area contributed by atoms with Gasteiger partial charge in [-0.15, -0.1) is 0 Å². The van der Waals surface area contributed by atoms with Crippen molar-refractivity contribution in [3.05, 3.63) is 58.1 Å². The van der Waals surface area contributed by atoms with E-state index in [2.05, 4.69) is 23.3 Å². The fourth-order valence-corrected chi connectivity index (χ4v) is 5.69. The summed E-state index contributed by atoms with van der Waals surface area (Å²) in [5, 5.41) is 11.4. The molecule has 1 N–H and O–H groups in total. The number of aromatic nitrogens is 2. The first-order chi connectivity index (χ1) is 16.4. The van der Waals surface area contributed by atoms with E-state index in [0.717, 1.165) is 6.42 Å². The van der Waals surface area contributed by atoms with Gasteiger partial charge in [0.2, 0.25) is 0 Å². The number of benzene rings is 1. The number of hydrogen-bond donors (Lipinski definition) is 1. The Labute approximate surface area is 200 Å². The van der Waals surface area contributed by atoms with E-state index >= 15 is 0 Å². The van der Waals surface area contributed by atoms with Crippen LogP contribution in [-0.4, -0.2) is 40.9 Å². The van der Waals surface area contributed by atoms with Gasteiger partial charge in [-0.1, -0.05) is 25.1 Å². The summed E-state index contributed by atoms with van der Waals surface area (Å²) >= 11 is 0. The first-order valence-corrected chi connectivity index (χ1v) is 13.0. The van der Waals surface area contributed by atoms with Gasteiger partial charge in [-0.05, 0) is 43.7 Å². The summed E-state index contributed by atoms with van der Waals surface area (Å²) in [4.78, 5) is 29.4. The molecular weight excluding hydrogens is 455 g/mol. The quantitative estimate of drug-likeness (QED) is 0.445. The van der Waals surface area contributed by atoms with E-state index in [1.54, 1.807) is 37.4 Å². The number of carbonyl (C=O) groups is 1. The Kier molecular flexibility index (Phi) is 7.74. The molecule has 180 valence electrons. The van der Waals surface area contributed by atoms with Crippen LogP contribution in [0.3, 0.4) is 0 Å². The van der Waals surface area contributed by atoms with Gasteiger partial charge in [-0.2, -0.15) is 10.2 Å². The topological polar surface area (TPSA) is 115 Å². The third-order valence-electron chi connectivity index (χ3n) is 6.39. The lowest BCUT2D eigenvalue weighted by Crippen LogP contribution is -2.31. The molecule has 1 aliphatic carbocycles. The zero-order chi connectivity index (χ0) is 24.2. The molecule has 0 radical (unpaired) electrons. The minimum Gasteiger partial charge on any atom is -0.352 e. The van der Waals surface area contributed by atoms with Crippen LogP contribution in [0.4, 0.5) is 5.82 Å². The SMILES string of the molecule is Cc1cn([C@@H]2C[C@@H]3[C@H](O2)[C@H](OP(C)OCCC#N)C[C@H]3C)c(=O)nc1NC(=O)c1ccccc1. The predicted octanol–water partition coefficient (Wildman–Crippen LogP) is 4.00. The summed E-state index contributed by atoms with van der Waals surface area (Å²) in [6, 6.07) is 10.9. The molecule has 1 aromatic carbocycles. The van der Waals surface area contributed by atoms with Crippen LogP contribution in [0.2, 0.25) is 0 Å². The van der Waals surface area contributed by atoms with Crippen LogP contribution in [0.15, 0.2) is 41.3 Å². The summed E-state index contributed by atoms with van der Waals surface area (Å²) < 4.78 is 19.6. The van der Waals surface area contributed by atoms with E-state index in [0.29, 0.717) is 36.5 Å². The van der Waals surface area contributed by atoms with Crippen molar-refractivity contribution in [2.75, 3.05) is 18.6 Å². The fourth-order valence-electron chi connectivity index (χ4n) is 4.69. The van der Waals surface area contributed by atoms with Crippen LogP contribution in [0.1, 0.15) is 48.3 Å². The van der Waals surface area contributed by atoms with Gasteiger partial charge >= 0.3 is 5.69 Å². The lowest BCUT2D eigenvalue weighted by Gasteiger charge is -2.24. The molecule has 4 rings (SSSR count). The molecule has 1 aliphatic heterocycles. The lowest BCUT2D eigenvalue weighted by atomic mass is 9.94. The van der Waals surface area contributed by atoms with E-state index in [1.165, 1.54) is 4.57 Å². The van der Waals surface area contributed by atoms with Crippen molar-refractivity contribution < 1.29 is 18.6 Å². The van der Waals surface area contributed by atoms with Gasteiger partial charge in [0.25, 0.3) is 5.91 Å². The predicted molar refractivity (Wildman–Crippen MR) is 127 cm³/mol. The Bertz CT molecular complexity index is 1120. The second-order valence-corrected chi connectivity index (χ2v) is 10.1. The van der Waals surface area contributed by atoms with Crippen molar-refractivity contribution in [1.82, 2.24) is 9.55 Å². The van der Waals surface area contributed by atoms with Crippen molar-refractivity contribution in [3.8, 4) is 6.07 Å². The Balaban J connectivity index is 1.44. The van der Waals surface area contributed by atoms with E-state index in [4.69, 9.17) is 19.0 Å². The summed E-state index contributed by atoms with van der Waals surface area (Å²) in [6.07, 6.45) is 2.90. The molecule has 1 amide bonds. The molecule has 2 aromatic rings. The number of nitrogens with zero attached hydrogens (tertiary/aromatic N) is 3. The third kappa shape index (κ3) is 5.37. The van der Waals surface area contributed by atoms with Crippen molar-refractivity contribution in [2.24, 2.45) is 11.8 Å². The van der Waals surface area contributed by atoms with E-state index in [1.807, 2.05) is 12.7 Å². The van der Waals surface area contributed by atoms with E-state index in [9.17, 15) is 9.59 Å². The van der Waals surface area contributed by atoms with Gasteiger partial charge in [0.05, 0.1) is 31.3 Å². The van der Waals surface area contributed by atoms with E-state index in [-0.39, 0.29) is 29.9 Å². The second-order valence-electron chi connectivity index (χ2n) is 8.78. The number of fused-ring (bicyclic) bond motifs is 1. The Morgan fingerprint density at radius 1 is 1.35 bits per heavy atom.